The molecule has 0 radical (unpaired) electrons. The van der Waals surface area contributed by atoms with Gasteiger partial charge < -0.3 is 0 Å². The molecule has 0 saturated carbocycles. The second-order valence-electron chi connectivity index (χ2n) is 3.85. The molecule has 0 amide bonds. The summed E-state index contributed by atoms with van der Waals surface area (Å²) in [6.07, 6.45) is 1.71. The van der Waals surface area contributed by atoms with Crippen LogP contribution in [0.25, 0.3) is 16.7 Å². The zero-order chi connectivity index (χ0) is 12.5. The summed E-state index contributed by atoms with van der Waals surface area (Å²) in [5, 5.41) is 9.65. The van der Waals surface area contributed by atoms with Crippen molar-refractivity contribution in [3.05, 3.63) is 59.4 Å². The van der Waals surface area contributed by atoms with Gasteiger partial charge in [0.2, 0.25) is 0 Å². The van der Waals surface area contributed by atoms with E-state index >= 15 is 0 Å². The Labute approximate surface area is 109 Å². The van der Waals surface area contributed by atoms with E-state index in [2.05, 4.69) is 11.1 Å². The minimum absolute atomic E-state index is 0.452. The molecule has 0 spiro atoms. The zero-order valence-electron chi connectivity index (χ0n) is 9.34. The van der Waals surface area contributed by atoms with Gasteiger partial charge in [0, 0.05) is 0 Å². The Hall–Kier alpha value is -2.31. The fourth-order valence-corrected chi connectivity index (χ4v) is 2.19. The van der Waals surface area contributed by atoms with Crippen LogP contribution in [0.4, 0.5) is 0 Å². The summed E-state index contributed by atoms with van der Waals surface area (Å²) < 4.78 is 1.87. The lowest BCUT2D eigenvalue weighted by molar-refractivity contribution is 1.08. The van der Waals surface area contributed by atoms with Crippen LogP contribution in [0.3, 0.4) is 0 Å². The predicted molar refractivity (Wildman–Crippen MR) is 70.8 cm³/mol. The lowest BCUT2D eigenvalue weighted by Gasteiger charge is -2.07. The molecule has 0 bridgehead atoms. The van der Waals surface area contributed by atoms with Crippen LogP contribution in [0.2, 0.25) is 5.02 Å². The van der Waals surface area contributed by atoms with Crippen LogP contribution in [0.15, 0.2) is 48.8 Å². The molecule has 2 aromatic carbocycles. The molecule has 0 aliphatic rings. The average molecular weight is 254 g/mol. The molecular formula is C14H8ClN3. The molecule has 4 heteroatoms. The summed E-state index contributed by atoms with van der Waals surface area (Å²) in [7, 11) is 0. The molecule has 3 nitrogen and oxygen atoms in total. The number of rotatable bonds is 1. The third-order valence-corrected chi connectivity index (χ3v) is 3.13. The molecule has 0 unspecified atom stereocenters. The Kier molecular flexibility index (Phi) is 2.51. The Morgan fingerprint density at radius 1 is 1.11 bits per heavy atom. The summed E-state index contributed by atoms with van der Waals surface area (Å²) in [5.74, 6) is 0. The Bertz CT molecular complexity index is 768. The Balaban J connectivity index is 2.34. The molecule has 0 fully saturated rings. The summed E-state index contributed by atoms with van der Waals surface area (Å²) in [4.78, 5) is 4.31. The Morgan fingerprint density at radius 3 is 2.78 bits per heavy atom. The van der Waals surface area contributed by atoms with Crippen LogP contribution in [0.1, 0.15) is 5.56 Å². The van der Waals surface area contributed by atoms with Crippen LogP contribution in [0.5, 0.6) is 0 Å². The first-order valence-electron chi connectivity index (χ1n) is 5.42. The third kappa shape index (κ3) is 1.55. The van der Waals surface area contributed by atoms with Gasteiger partial charge >= 0.3 is 0 Å². The van der Waals surface area contributed by atoms with E-state index in [-0.39, 0.29) is 0 Å². The monoisotopic (exact) mass is 253 g/mol. The van der Waals surface area contributed by atoms with E-state index in [9.17, 15) is 5.26 Å². The van der Waals surface area contributed by atoms with Crippen molar-refractivity contribution in [3.8, 4) is 11.8 Å². The van der Waals surface area contributed by atoms with Gasteiger partial charge in [0.15, 0.2) is 0 Å². The molecule has 0 aliphatic heterocycles. The predicted octanol–water partition coefficient (Wildman–Crippen LogP) is 3.55. The fourth-order valence-electron chi connectivity index (χ4n) is 1.98. The number of hydrogen-bond acceptors (Lipinski definition) is 2. The summed E-state index contributed by atoms with van der Waals surface area (Å²) >= 11 is 6.04. The molecular weight excluding hydrogens is 246 g/mol. The lowest BCUT2D eigenvalue weighted by atomic mass is 10.2. The maximum Gasteiger partial charge on any atom is 0.103 e. The number of aromatic nitrogens is 2. The molecule has 18 heavy (non-hydrogen) atoms. The largest absolute Gasteiger partial charge is 0.297 e. The van der Waals surface area contributed by atoms with Gasteiger partial charge in [-0.2, -0.15) is 5.26 Å². The Morgan fingerprint density at radius 2 is 1.94 bits per heavy atom. The first kappa shape index (κ1) is 10.8. The molecule has 3 aromatic rings. The quantitative estimate of drug-likeness (QED) is 0.665. The molecule has 0 N–H and O–H groups in total. The number of benzene rings is 2. The highest BCUT2D eigenvalue weighted by Crippen LogP contribution is 2.25. The van der Waals surface area contributed by atoms with Crippen molar-refractivity contribution in [2.24, 2.45) is 0 Å². The SMILES string of the molecule is N#Cc1c(Cl)cccc1-n1cnc2ccccc21. The number of imidazole rings is 1. The molecule has 3 rings (SSSR count). The third-order valence-electron chi connectivity index (χ3n) is 2.82. The molecule has 86 valence electrons. The van der Waals surface area contributed by atoms with E-state index in [0.29, 0.717) is 10.6 Å². The van der Waals surface area contributed by atoms with Gasteiger partial charge in [0.05, 0.1) is 27.3 Å². The maximum absolute atomic E-state index is 9.20. The second kappa shape index (κ2) is 4.17. The second-order valence-corrected chi connectivity index (χ2v) is 4.26. The van der Waals surface area contributed by atoms with E-state index in [4.69, 9.17) is 11.6 Å². The highest BCUT2D eigenvalue weighted by molar-refractivity contribution is 6.32. The van der Waals surface area contributed by atoms with E-state index in [1.165, 1.54) is 0 Å². The normalized spacial score (nSPS) is 10.4. The number of nitrogens with zero attached hydrogens (tertiary/aromatic N) is 3. The van der Waals surface area contributed by atoms with Gasteiger partial charge in [0.25, 0.3) is 0 Å². The smallest absolute Gasteiger partial charge is 0.103 e. The summed E-state index contributed by atoms with van der Waals surface area (Å²) in [5.41, 5.74) is 3.05. The van der Waals surface area contributed by atoms with Gasteiger partial charge in [-0.15, -0.1) is 0 Å². The molecule has 1 aromatic heterocycles. The van der Waals surface area contributed by atoms with Crippen molar-refractivity contribution < 1.29 is 0 Å². The van der Waals surface area contributed by atoms with Crippen LogP contribution in [-0.2, 0) is 0 Å². The number of nitriles is 1. The van der Waals surface area contributed by atoms with Crippen molar-refractivity contribution in [1.82, 2.24) is 9.55 Å². The van der Waals surface area contributed by atoms with Crippen LogP contribution in [0, 0.1) is 11.3 Å². The van der Waals surface area contributed by atoms with Gasteiger partial charge in [-0.05, 0) is 24.3 Å². The number of para-hydroxylation sites is 2. The number of hydrogen-bond donors (Lipinski definition) is 0. The van der Waals surface area contributed by atoms with E-state index in [1.807, 2.05) is 41.0 Å². The van der Waals surface area contributed by atoms with E-state index < -0.39 is 0 Å². The molecule has 0 atom stereocenters. The topological polar surface area (TPSA) is 41.6 Å². The van der Waals surface area contributed by atoms with Gasteiger partial charge in [-0.25, -0.2) is 4.98 Å². The molecule has 0 saturated heterocycles. The lowest BCUT2D eigenvalue weighted by Crippen LogP contribution is -1.96. The van der Waals surface area contributed by atoms with Crippen molar-refractivity contribution in [2.45, 2.75) is 0 Å². The standard InChI is InChI=1S/C14H8ClN3/c15-11-4-3-7-13(10(11)8-16)18-9-17-12-5-1-2-6-14(12)18/h1-7,9H. The first-order chi connectivity index (χ1) is 8.81. The van der Waals surface area contributed by atoms with Crippen molar-refractivity contribution in [1.29, 1.82) is 5.26 Å². The van der Waals surface area contributed by atoms with Gasteiger partial charge in [0.1, 0.15) is 12.4 Å². The summed E-state index contributed by atoms with van der Waals surface area (Å²) in [6, 6.07) is 15.3. The molecule has 1 heterocycles. The highest BCUT2D eigenvalue weighted by Gasteiger charge is 2.10. The average Bonchev–Trinajstić information content (AvgIpc) is 2.82. The first-order valence-corrected chi connectivity index (χ1v) is 5.80. The van der Waals surface area contributed by atoms with Crippen LogP contribution in [-0.4, -0.2) is 9.55 Å². The zero-order valence-corrected chi connectivity index (χ0v) is 10.1. The van der Waals surface area contributed by atoms with Gasteiger partial charge in [-0.1, -0.05) is 29.8 Å². The number of halogens is 1. The van der Waals surface area contributed by atoms with Gasteiger partial charge in [-0.3, -0.25) is 4.57 Å². The highest BCUT2D eigenvalue weighted by atomic mass is 35.5. The van der Waals surface area contributed by atoms with Crippen molar-refractivity contribution >= 4 is 22.6 Å². The summed E-state index contributed by atoms with van der Waals surface area (Å²) in [6.45, 7) is 0. The van der Waals surface area contributed by atoms with Crippen molar-refractivity contribution in [3.63, 3.8) is 0 Å². The molecule has 0 aliphatic carbocycles. The van der Waals surface area contributed by atoms with Crippen LogP contribution < -0.4 is 0 Å². The minimum atomic E-state index is 0.452. The minimum Gasteiger partial charge on any atom is -0.297 e. The van der Waals surface area contributed by atoms with Crippen molar-refractivity contribution in [2.75, 3.05) is 0 Å². The number of fused-ring (bicyclic) bond motifs is 1. The van der Waals surface area contributed by atoms with E-state index in [1.54, 1.807) is 12.4 Å². The fraction of sp³-hybridized carbons (Fsp3) is 0. The van der Waals surface area contributed by atoms with E-state index in [0.717, 1.165) is 16.7 Å². The maximum atomic E-state index is 9.20. The van der Waals surface area contributed by atoms with Crippen LogP contribution >= 0.6 is 11.6 Å².